The predicted octanol–water partition coefficient (Wildman–Crippen LogP) is 6.14. The first-order chi connectivity index (χ1) is 19.3. The molecule has 0 bridgehead atoms. The Balaban J connectivity index is 1.37. The summed E-state index contributed by atoms with van der Waals surface area (Å²) in [4.78, 5) is 14.7. The van der Waals surface area contributed by atoms with Crippen molar-refractivity contribution in [3.63, 3.8) is 0 Å². The Bertz CT molecular complexity index is 1820. The molecule has 182 valence electrons. The number of ether oxygens (including phenoxy) is 1. The van der Waals surface area contributed by atoms with Crippen LogP contribution >= 0.6 is 0 Å². The monoisotopic (exact) mass is 501 g/mol. The standard InChI is InChI=1S/C33H20BN3O2/c1-3-11-21(12-4-1)31-35-32(22-13-5-2-6-14-22)37-33(36-31)23-19-25-24-15-7-9-17-27(24)39-34-26-16-8-10-18-28(26)38-29(20-23)30(25)34/h1-20H. The van der Waals surface area contributed by atoms with Gasteiger partial charge in [-0.15, -0.1) is 0 Å². The summed E-state index contributed by atoms with van der Waals surface area (Å²) in [6.07, 6.45) is 0. The first-order valence-electron chi connectivity index (χ1n) is 12.9. The van der Waals surface area contributed by atoms with Crippen LogP contribution in [0, 0.1) is 0 Å². The number of rotatable bonds is 3. The molecule has 5 nitrogen and oxygen atoms in total. The zero-order valence-electron chi connectivity index (χ0n) is 20.8. The van der Waals surface area contributed by atoms with Crippen molar-refractivity contribution in [2.24, 2.45) is 0 Å². The highest BCUT2D eigenvalue weighted by Crippen LogP contribution is 2.41. The van der Waals surface area contributed by atoms with Crippen LogP contribution < -0.4 is 20.3 Å². The highest BCUT2D eigenvalue weighted by molar-refractivity contribution is 6.84. The lowest BCUT2D eigenvalue weighted by molar-refractivity contribution is 0.479. The number of aromatic nitrogens is 3. The van der Waals surface area contributed by atoms with Crippen molar-refractivity contribution in [1.82, 2.24) is 15.0 Å². The Labute approximate surface area is 225 Å². The second-order valence-electron chi connectivity index (χ2n) is 9.61. The molecular weight excluding hydrogens is 481 g/mol. The number of hydrogen-bond donors (Lipinski definition) is 0. The van der Waals surface area contributed by atoms with Crippen LogP contribution in [0.25, 0.3) is 45.3 Å². The van der Waals surface area contributed by atoms with E-state index in [1.54, 1.807) is 0 Å². The molecule has 0 aliphatic carbocycles. The van der Waals surface area contributed by atoms with Crippen LogP contribution in [-0.4, -0.2) is 21.9 Å². The number of fused-ring (bicyclic) bond motifs is 4. The Morgan fingerprint density at radius 1 is 0.462 bits per heavy atom. The van der Waals surface area contributed by atoms with E-state index in [0.29, 0.717) is 17.5 Å². The Morgan fingerprint density at radius 3 is 1.72 bits per heavy atom. The fourth-order valence-corrected chi connectivity index (χ4v) is 5.38. The fourth-order valence-electron chi connectivity index (χ4n) is 5.38. The van der Waals surface area contributed by atoms with Crippen LogP contribution in [0.3, 0.4) is 0 Å². The van der Waals surface area contributed by atoms with Crippen LogP contribution in [0.1, 0.15) is 0 Å². The number of benzene rings is 5. The van der Waals surface area contributed by atoms with Crippen molar-refractivity contribution in [2.45, 2.75) is 0 Å². The fraction of sp³-hybridized carbons (Fsp3) is 0. The third kappa shape index (κ3) is 3.61. The molecule has 8 rings (SSSR count). The minimum atomic E-state index is -0.248. The smallest absolute Gasteiger partial charge is 0.434 e. The van der Waals surface area contributed by atoms with Crippen molar-refractivity contribution in [3.05, 3.63) is 121 Å². The van der Waals surface area contributed by atoms with Crippen molar-refractivity contribution < 1.29 is 9.39 Å². The second kappa shape index (κ2) is 8.67. The van der Waals surface area contributed by atoms with E-state index in [1.807, 2.05) is 103 Å². The topological polar surface area (TPSA) is 57.1 Å². The molecule has 3 heterocycles. The molecule has 0 saturated carbocycles. The van der Waals surface area contributed by atoms with Crippen molar-refractivity contribution >= 4 is 17.8 Å². The maximum absolute atomic E-state index is 6.54. The summed E-state index contributed by atoms with van der Waals surface area (Å²) >= 11 is 0. The minimum Gasteiger partial charge on any atom is -0.551 e. The summed E-state index contributed by atoms with van der Waals surface area (Å²) < 4.78 is 13.0. The summed E-state index contributed by atoms with van der Waals surface area (Å²) in [6, 6.07) is 40.4. The van der Waals surface area contributed by atoms with Gasteiger partial charge >= 0.3 is 6.92 Å². The molecule has 0 atom stereocenters. The van der Waals surface area contributed by atoms with Crippen molar-refractivity contribution in [1.29, 1.82) is 0 Å². The van der Waals surface area contributed by atoms with Crippen molar-refractivity contribution in [2.75, 3.05) is 0 Å². The first-order valence-corrected chi connectivity index (χ1v) is 12.9. The van der Waals surface area contributed by atoms with Crippen LogP contribution in [0.2, 0.25) is 0 Å². The van der Waals surface area contributed by atoms with E-state index in [2.05, 4.69) is 18.2 Å². The molecule has 0 saturated heterocycles. The third-order valence-corrected chi connectivity index (χ3v) is 7.21. The van der Waals surface area contributed by atoms with E-state index < -0.39 is 0 Å². The Kier molecular flexibility index (Phi) is 4.85. The van der Waals surface area contributed by atoms with Crippen molar-refractivity contribution in [3.8, 4) is 62.5 Å². The minimum absolute atomic E-state index is 0.248. The van der Waals surface area contributed by atoms with Gasteiger partial charge in [-0.05, 0) is 29.8 Å². The molecule has 0 unspecified atom stereocenters. The van der Waals surface area contributed by atoms with E-state index in [4.69, 9.17) is 24.3 Å². The molecule has 39 heavy (non-hydrogen) atoms. The van der Waals surface area contributed by atoms with Gasteiger partial charge in [-0.2, -0.15) is 0 Å². The maximum atomic E-state index is 6.54. The predicted molar refractivity (Wildman–Crippen MR) is 154 cm³/mol. The van der Waals surface area contributed by atoms with Gasteiger partial charge in [0.05, 0.1) is 0 Å². The first kappa shape index (κ1) is 21.8. The third-order valence-electron chi connectivity index (χ3n) is 7.21. The summed E-state index contributed by atoms with van der Waals surface area (Å²) in [7, 11) is 0. The van der Waals surface area contributed by atoms with Crippen LogP contribution in [-0.2, 0) is 0 Å². The molecular formula is C33H20BN3O2. The van der Waals surface area contributed by atoms with Gasteiger partial charge < -0.3 is 9.39 Å². The van der Waals surface area contributed by atoms with E-state index in [1.165, 1.54) is 0 Å². The summed E-state index contributed by atoms with van der Waals surface area (Å²) in [5.74, 6) is 4.23. The number of para-hydroxylation sites is 2. The lowest BCUT2D eigenvalue weighted by Crippen LogP contribution is -2.53. The van der Waals surface area contributed by atoms with Gasteiger partial charge in [-0.1, -0.05) is 97.1 Å². The van der Waals surface area contributed by atoms with Gasteiger partial charge in [0.1, 0.15) is 17.2 Å². The lowest BCUT2D eigenvalue weighted by atomic mass is 9.51. The molecule has 0 spiro atoms. The molecule has 0 N–H and O–H groups in total. The van der Waals surface area contributed by atoms with Gasteiger partial charge in [-0.25, -0.2) is 15.0 Å². The summed E-state index contributed by atoms with van der Waals surface area (Å²) in [6.45, 7) is -0.248. The van der Waals surface area contributed by atoms with E-state index in [9.17, 15) is 0 Å². The molecule has 0 fully saturated rings. The maximum Gasteiger partial charge on any atom is 0.434 e. The van der Waals surface area contributed by atoms with Gasteiger partial charge in [-0.3, -0.25) is 0 Å². The zero-order chi connectivity index (χ0) is 25.8. The van der Waals surface area contributed by atoms with E-state index >= 15 is 0 Å². The van der Waals surface area contributed by atoms with Gasteiger partial charge in [0, 0.05) is 33.2 Å². The average molecular weight is 501 g/mol. The van der Waals surface area contributed by atoms with Crippen LogP contribution in [0.15, 0.2) is 121 Å². The highest BCUT2D eigenvalue weighted by Gasteiger charge is 2.40. The SMILES string of the molecule is c1ccc(-c2nc(-c3ccccc3)nc(-c3cc4c5c(c3)-c3ccccc3OB5c3ccccc3O4)n2)cc1. The molecule has 2 aliphatic heterocycles. The Hall–Kier alpha value is -5.23. The molecule has 0 amide bonds. The van der Waals surface area contributed by atoms with Gasteiger partial charge in [0.2, 0.25) is 0 Å². The average Bonchev–Trinajstić information content (AvgIpc) is 3.01. The largest absolute Gasteiger partial charge is 0.551 e. The lowest BCUT2D eigenvalue weighted by Gasteiger charge is -2.33. The quantitative estimate of drug-likeness (QED) is 0.273. The molecule has 6 heteroatoms. The Morgan fingerprint density at radius 2 is 1.03 bits per heavy atom. The van der Waals surface area contributed by atoms with E-state index in [0.717, 1.165) is 56.0 Å². The summed E-state index contributed by atoms with van der Waals surface area (Å²) in [5.41, 5.74) is 6.85. The van der Waals surface area contributed by atoms with Gasteiger partial charge in [0.25, 0.3) is 0 Å². The highest BCUT2D eigenvalue weighted by atomic mass is 16.5. The molecule has 5 aromatic carbocycles. The molecule has 1 aromatic heterocycles. The normalized spacial score (nSPS) is 12.5. The zero-order valence-corrected chi connectivity index (χ0v) is 20.8. The number of nitrogens with zero attached hydrogens (tertiary/aromatic N) is 3. The van der Waals surface area contributed by atoms with Gasteiger partial charge in [0.15, 0.2) is 17.5 Å². The number of hydrogen-bond acceptors (Lipinski definition) is 5. The molecule has 0 radical (unpaired) electrons. The second-order valence-corrected chi connectivity index (χ2v) is 9.61. The van der Waals surface area contributed by atoms with E-state index in [-0.39, 0.29) is 6.92 Å². The molecule has 6 aromatic rings. The van der Waals surface area contributed by atoms with Crippen LogP contribution in [0.4, 0.5) is 0 Å². The van der Waals surface area contributed by atoms with Crippen LogP contribution in [0.5, 0.6) is 17.2 Å². The summed E-state index contributed by atoms with van der Waals surface area (Å²) in [5, 5.41) is 0. The molecule has 2 aliphatic rings.